The molecule has 5 heteroatoms. The number of hydrogen-bond donors (Lipinski definition) is 2. The number of hydrogen-bond acceptors (Lipinski definition) is 3. The van der Waals surface area contributed by atoms with Crippen LogP contribution in [-0.2, 0) is 14.3 Å². The Balaban J connectivity index is 2.43. The summed E-state index contributed by atoms with van der Waals surface area (Å²) in [6.07, 6.45) is 0.713. The molecule has 1 fully saturated rings. The molecule has 5 nitrogen and oxygen atoms in total. The Bertz CT molecular complexity index is 275. The minimum atomic E-state index is -1.11. The van der Waals surface area contributed by atoms with E-state index in [0.717, 1.165) is 0 Å². The van der Waals surface area contributed by atoms with Crippen LogP contribution in [0.15, 0.2) is 0 Å². The summed E-state index contributed by atoms with van der Waals surface area (Å²) in [6, 6.07) is -0.0747. The van der Waals surface area contributed by atoms with E-state index in [0.29, 0.717) is 13.0 Å². The van der Waals surface area contributed by atoms with Crippen LogP contribution < -0.4 is 5.32 Å². The number of carbonyl (C=O) groups excluding carboxylic acids is 1. The molecule has 1 amide bonds. The van der Waals surface area contributed by atoms with Gasteiger partial charge in [0.2, 0.25) is 5.91 Å². The van der Waals surface area contributed by atoms with Gasteiger partial charge in [-0.25, -0.2) is 0 Å². The molecule has 0 bridgehead atoms. The summed E-state index contributed by atoms with van der Waals surface area (Å²) in [4.78, 5) is 22.0. The van der Waals surface area contributed by atoms with Crippen molar-refractivity contribution in [2.45, 2.75) is 38.8 Å². The van der Waals surface area contributed by atoms with Crippen molar-refractivity contribution in [2.24, 2.45) is 5.92 Å². The largest absolute Gasteiger partial charge is 0.481 e. The van der Waals surface area contributed by atoms with Gasteiger partial charge in [0, 0.05) is 0 Å². The summed E-state index contributed by atoms with van der Waals surface area (Å²) in [6.45, 7) is 5.71. The molecule has 1 heterocycles. The number of aliphatic carboxylic acids is 1. The Hall–Kier alpha value is -1.10. The molecule has 0 spiro atoms. The van der Waals surface area contributed by atoms with E-state index >= 15 is 0 Å². The summed E-state index contributed by atoms with van der Waals surface area (Å²) in [5.74, 6) is -2.56. The highest BCUT2D eigenvalue weighted by molar-refractivity contribution is 5.96. The van der Waals surface area contributed by atoms with Gasteiger partial charge in [-0.3, -0.25) is 9.59 Å². The predicted molar refractivity (Wildman–Crippen MR) is 53.4 cm³/mol. The first kappa shape index (κ1) is 12.0. The van der Waals surface area contributed by atoms with Crippen LogP contribution in [0.5, 0.6) is 0 Å². The second kappa shape index (κ2) is 4.18. The quantitative estimate of drug-likeness (QED) is 0.668. The highest BCUT2D eigenvalue weighted by Gasteiger charge is 2.34. The monoisotopic (exact) mass is 215 g/mol. The highest BCUT2D eigenvalue weighted by Crippen LogP contribution is 2.24. The third-order valence-electron chi connectivity index (χ3n) is 2.52. The number of nitrogens with one attached hydrogen (secondary N) is 1. The normalized spacial score (nSPS) is 25.9. The summed E-state index contributed by atoms with van der Waals surface area (Å²) < 4.78 is 5.43. The zero-order valence-corrected chi connectivity index (χ0v) is 9.24. The number of rotatable bonds is 3. The van der Waals surface area contributed by atoms with E-state index in [-0.39, 0.29) is 11.6 Å². The maximum absolute atomic E-state index is 11.4. The smallest absolute Gasteiger partial charge is 0.315 e. The van der Waals surface area contributed by atoms with Gasteiger partial charge < -0.3 is 15.2 Å². The summed E-state index contributed by atoms with van der Waals surface area (Å²) in [5, 5.41) is 11.3. The lowest BCUT2D eigenvalue weighted by molar-refractivity contribution is -0.146. The molecule has 0 aromatic carbocycles. The second-order valence-electron chi connectivity index (χ2n) is 4.54. The molecule has 0 saturated carbocycles. The van der Waals surface area contributed by atoms with Crippen LogP contribution in [0.1, 0.15) is 27.2 Å². The Morgan fingerprint density at radius 1 is 1.53 bits per heavy atom. The second-order valence-corrected chi connectivity index (χ2v) is 4.54. The predicted octanol–water partition coefficient (Wildman–Crippen LogP) is 0.391. The number of carbonyl (C=O) groups is 2. The Morgan fingerprint density at radius 3 is 2.53 bits per heavy atom. The van der Waals surface area contributed by atoms with Crippen LogP contribution in [0.3, 0.4) is 0 Å². The summed E-state index contributed by atoms with van der Waals surface area (Å²) >= 11 is 0. The fourth-order valence-corrected chi connectivity index (χ4v) is 1.57. The van der Waals surface area contributed by atoms with E-state index in [9.17, 15) is 9.59 Å². The third kappa shape index (κ3) is 3.20. The molecule has 86 valence electrons. The SMILES string of the molecule is CC(C(=O)O)C(=O)NC1COC(C)(C)C1. The molecule has 0 radical (unpaired) electrons. The molecular formula is C10H17NO4. The van der Waals surface area contributed by atoms with Crippen LogP contribution in [0.25, 0.3) is 0 Å². The van der Waals surface area contributed by atoms with Crippen LogP contribution >= 0.6 is 0 Å². The molecule has 2 N–H and O–H groups in total. The van der Waals surface area contributed by atoms with Gasteiger partial charge in [0.15, 0.2) is 0 Å². The van der Waals surface area contributed by atoms with Crippen molar-refractivity contribution in [1.82, 2.24) is 5.32 Å². The average molecular weight is 215 g/mol. The van der Waals surface area contributed by atoms with Gasteiger partial charge in [-0.1, -0.05) is 0 Å². The van der Waals surface area contributed by atoms with Crippen LogP contribution in [-0.4, -0.2) is 35.2 Å². The van der Waals surface area contributed by atoms with E-state index < -0.39 is 17.8 Å². The topological polar surface area (TPSA) is 75.6 Å². The molecule has 1 saturated heterocycles. The van der Waals surface area contributed by atoms with Crippen molar-refractivity contribution in [3.63, 3.8) is 0 Å². The van der Waals surface area contributed by atoms with Gasteiger partial charge in [0.25, 0.3) is 0 Å². The Kier molecular flexibility index (Phi) is 3.34. The lowest BCUT2D eigenvalue weighted by Gasteiger charge is -2.16. The lowest BCUT2D eigenvalue weighted by atomic mass is 10.0. The summed E-state index contributed by atoms with van der Waals surface area (Å²) in [7, 11) is 0. The molecule has 1 rings (SSSR count). The van der Waals surface area contributed by atoms with Gasteiger partial charge in [0.1, 0.15) is 5.92 Å². The molecule has 2 atom stereocenters. The molecule has 15 heavy (non-hydrogen) atoms. The molecule has 2 unspecified atom stereocenters. The first-order valence-electron chi connectivity index (χ1n) is 4.99. The fraction of sp³-hybridized carbons (Fsp3) is 0.800. The van der Waals surface area contributed by atoms with Crippen molar-refractivity contribution in [2.75, 3.05) is 6.61 Å². The maximum Gasteiger partial charge on any atom is 0.315 e. The van der Waals surface area contributed by atoms with Gasteiger partial charge in [-0.2, -0.15) is 0 Å². The van der Waals surface area contributed by atoms with Crippen molar-refractivity contribution < 1.29 is 19.4 Å². The van der Waals surface area contributed by atoms with Crippen LogP contribution in [0.2, 0.25) is 0 Å². The molecule has 1 aliphatic heterocycles. The lowest BCUT2D eigenvalue weighted by Crippen LogP contribution is -2.41. The van der Waals surface area contributed by atoms with Gasteiger partial charge >= 0.3 is 5.97 Å². The van der Waals surface area contributed by atoms with E-state index in [1.165, 1.54) is 6.92 Å². The van der Waals surface area contributed by atoms with E-state index in [1.807, 2.05) is 13.8 Å². The Labute approximate surface area is 88.8 Å². The zero-order chi connectivity index (χ0) is 11.6. The van der Waals surface area contributed by atoms with Crippen LogP contribution in [0.4, 0.5) is 0 Å². The molecule has 1 aliphatic rings. The standard InChI is InChI=1S/C10H17NO4/c1-6(9(13)14)8(12)11-7-4-10(2,3)15-5-7/h6-7H,4-5H2,1-3H3,(H,11,12)(H,13,14). The minimum absolute atomic E-state index is 0.0747. The van der Waals surface area contributed by atoms with Crippen molar-refractivity contribution >= 4 is 11.9 Å². The third-order valence-corrected chi connectivity index (χ3v) is 2.52. The van der Waals surface area contributed by atoms with E-state index in [4.69, 9.17) is 9.84 Å². The van der Waals surface area contributed by atoms with Gasteiger partial charge in [-0.05, 0) is 27.2 Å². The number of ether oxygens (including phenoxy) is 1. The minimum Gasteiger partial charge on any atom is -0.481 e. The van der Waals surface area contributed by atoms with Gasteiger partial charge in [-0.15, -0.1) is 0 Å². The summed E-state index contributed by atoms with van der Waals surface area (Å²) in [5.41, 5.74) is -0.232. The molecule has 0 aliphatic carbocycles. The molecule has 0 aromatic heterocycles. The fourth-order valence-electron chi connectivity index (χ4n) is 1.57. The number of carboxylic acids is 1. The van der Waals surface area contributed by atoms with Crippen molar-refractivity contribution in [3.05, 3.63) is 0 Å². The van der Waals surface area contributed by atoms with E-state index in [1.54, 1.807) is 0 Å². The zero-order valence-electron chi connectivity index (χ0n) is 9.24. The average Bonchev–Trinajstić information content (AvgIpc) is 2.43. The molecular weight excluding hydrogens is 198 g/mol. The first-order chi connectivity index (χ1) is 6.82. The number of amides is 1. The maximum atomic E-state index is 11.4. The Morgan fingerprint density at radius 2 is 2.13 bits per heavy atom. The van der Waals surface area contributed by atoms with Gasteiger partial charge in [0.05, 0.1) is 18.2 Å². The van der Waals surface area contributed by atoms with Crippen molar-refractivity contribution in [3.8, 4) is 0 Å². The van der Waals surface area contributed by atoms with Crippen LogP contribution in [0, 0.1) is 5.92 Å². The van der Waals surface area contributed by atoms with Crippen molar-refractivity contribution in [1.29, 1.82) is 0 Å². The highest BCUT2D eigenvalue weighted by atomic mass is 16.5. The molecule has 0 aromatic rings. The number of carboxylic acid groups (broad SMARTS) is 1. The van der Waals surface area contributed by atoms with E-state index in [2.05, 4.69) is 5.32 Å². The first-order valence-corrected chi connectivity index (χ1v) is 4.99.